The number of nitrogens with zero attached hydrogens (tertiary/aromatic N) is 2. The first-order chi connectivity index (χ1) is 11.5. The van der Waals surface area contributed by atoms with Gasteiger partial charge in [0.05, 0.1) is 0 Å². The zero-order valence-corrected chi connectivity index (χ0v) is 14.8. The second kappa shape index (κ2) is 6.93. The van der Waals surface area contributed by atoms with Crippen molar-refractivity contribution in [2.45, 2.75) is 39.2 Å². The van der Waals surface area contributed by atoms with Crippen molar-refractivity contribution in [2.75, 3.05) is 32.0 Å². The Bertz CT molecular complexity index is 643. The lowest BCUT2D eigenvalue weighted by atomic mass is 9.84. The van der Waals surface area contributed by atoms with Crippen LogP contribution >= 0.6 is 0 Å². The van der Waals surface area contributed by atoms with Crippen LogP contribution in [-0.2, 0) is 9.59 Å². The fraction of sp³-hybridized carbons (Fsp3) is 0.579. The summed E-state index contributed by atoms with van der Waals surface area (Å²) in [6.45, 7) is 6.62. The van der Waals surface area contributed by atoms with Gasteiger partial charge in [-0.2, -0.15) is 0 Å². The SMILES string of the molecule is Cc1ccc(C)c(NC(=O)C(=O)N2CCC[C@H]3CN(C)CC[C@H]32)c1. The molecule has 2 aliphatic rings. The minimum Gasteiger partial charge on any atom is -0.331 e. The summed E-state index contributed by atoms with van der Waals surface area (Å²) in [5.41, 5.74) is 2.76. The van der Waals surface area contributed by atoms with Crippen LogP contribution in [0, 0.1) is 19.8 Å². The molecule has 2 atom stereocenters. The monoisotopic (exact) mass is 329 g/mol. The molecule has 2 heterocycles. The van der Waals surface area contributed by atoms with Gasteiger partial charge in [0.1, 0.15) is 0 Å². The third kappa shape index (κ3) is 3.46. The molecule has 2 aliphatic heterocycles. The van der Waals surface area contributed by atoms with E-state index in [9.17, 15) is 9.59 Å². The number of benzene rings is 1. The van der Waals surface area contributed by atoms with Crippen molar-refractivity contribution in [1.29, 1.82) is 0 Å². The summed E-state index contributed by atoms with van der Waals surface area (Å²) in [5.74, 6) is -0.395. The molecule has 1 N–H and O–H groups in total. The first-order valence-electron chi connectivity index (χ1n) is 8.83. The quantitative estimate of drug-likeness (QED) is 0.804. The van der Waals surface area contributed by atoms with Crippen molar-refractivity contribution in [3.05, 3.63) is 29.3 Å². The molecule has 3 rings (SSSR count). The van der Waals surface area contributed by atoms with Gasteiger partial charge in [0.25, 0.3) is 0 Å². The highest BCUT2D eigenvalue weighted by atomic mass is 16.2. The highest BCUT2D eigenvalue weighted by Gasteiger charge is 2.39. The minimum atomic E-state index is -0.511. The molecule has 0 spiro atoms. The number of carbonyl (C=O) groups is 2. The van der Waals surface area contributed by atoms with Gasteiger partial charge in [0, 0.05) is 24.8 Å². The highest BCUT2D eigenvalue weighted by Crippen LogP contribution is 2.30. The second-order valence-corrected chi connectivity index (χ2v) is 7.29. The van der Waals surface area contributed by atoms with E-state index in [-0.39, 0.29) is 11.9 Å². The van der Waals surface area contributed by atoms with Crippen molar-refractivity contribution in [3.8, 4) is 0 Å². The molecule has 2 fully saturated rings. The Morgan fingerprint density at radius 2 is 1.96 bits per heavy atom. The first-order valence-corrected chi connectivity index (χ1v) is 8.83. The molecule has 24 heavy (non-hydrogen) atoms. The van der Waals surface area contributed by atoms with E-state index in [0.717, 1.165) is 49.2 Å². The molecule has 0 aliphatic carbocycles. The van der Waals surface area contributed by atoms with Gasteiger partial charge in [0.2, 0.25) is 0 Å². The van der Waals surface area contributed by atoms with Gasteiger partial charge in [0.15, 0.2) is 0 Å². The van der Waals surface area contributed by atoms with Crippen LogP contribution in [0.25, 0.3) is 0 Å². The lowest BCUT2D eigenvalue weighted by molar-refractivity contribution is -0.148. The smallest absolute Gasteiger partial charge is 0.313 e. The number of rotatable bonds is 1. The first kappa shape index (κ1) is 17.0. The fourth-order valence-electron chi connectivity index (χ4n) is 4.01. The predicted molar refractivity (Wildman–Crippen MR) is 94.9 cm³/mol. The number of amides is 2. The molecule has 1 aromatic rings. The second-order valence-electron chi connectivity index (χ2n) is 7.29. The Kier molecular flexibility index (Phi) is 4.90. The Labute approximate surface area is 144 Å². The van der Waals surface area contributed by atoms with Gasteiger partial charge in [-0.3, -0.25) is 9.59 Å². The third-order valence-corrected chi connectivity index (χ3v) is 5.37. The number of hydrogen-bond donors (Lipinski definition) is 1. The lowest BCUT2D eigenvalue weighted by Crippen LogP contribution is -2.57. The molecule has 0 aromatic heterocycles. The van der Waals surface area contributed by atoms with Crippen molar-refractivity contribution in [2.24, 2.45) is 5.92 Å². The van der Waals surface area contributed by atoms with E-state index >= 15 is 0 Å². The fourth-order valence-corrected chi connectivity index (χ4v) is 4.01. The summed E-state index contributed by atoms with van der Waals surface area (Å²) in [6.07, 6.45) is 3.10. The molecule has 0 bridgehead atoms. The molecular weight excluding hydrogens is 302 g/mol. The maximum atomic E-state index is 12.7. The van der Waals surface area contributed by atoms with Crippen LogP contribution in [0.15, 0.2) is 18.2 Å². The Hall–Kier alpha value is -1.88. The summed E-state index contributed by atoms with van der Waals surface area (Å²) < 4.78 is 0. The maximum absolute atomic E-state index is 12.7. The summed E-state index contributed by atoms with van der Waals surface area (Å²) in [6, 6.07) is 6.09. The molecule has 0 saturated carbocycles. The van der Waals surface area contributed by atoms with Crippen LogP contribution in [0.3, 0.4) is 0 Å². The van der Waals surface area contributed by atoms with E-state index in [0.29, 0.717) is 12.5 Å². The summed E-state index contributed by atoms with van der Waals surface area (Å²) in [5, 5.41) is 2.81. The van der Waals surface area contributed by atoms with Gasteiger partial charge >= 0.3 is 11.8 Å². The maximum Gasteiger partial charge on any atom is 0.313 e. The number of carbonyl (C=O) groups excluding carboxylic acids is 2. The summed E-state index contributed by atoms with van der Waals surface area (Å²) >= 11 is 0. The molecule has 130 valence electrons. The Morgan fingerprint density at radius 1 is 1.17 bits per heavy atom. The van der Waals surface area contributed by atoms with Crippen LogP contribution in [-0.4, -0.2) is 54.3 Å². The van der Waals surface area contributed by atoms with Crippen LogP contribution in [0.5, 0.6) is 0 Å². The van der Waals surface area contributed by atoms with E-state index in [1.807, 2.05) is 36.9 Å². The average molecular weight is 329 g/mol. The van der Waals surface area contributed by atoms with Gasteiger partial charge in [-0.25, -0.2) is 0 Å². The molecule has 1 aromatic carbocycles. The number of piperidine rings is 2. The number of anilines is 1. The molecule has 5 heteroatoms. The average Bonchev–Trinajstić information content (AvgIpc) is 2.56. The van der Waals surface area contributed by atoms with Crippen LogP contribution in [0.4, 0.5) is 5.69 Å². The number of fused-ring (bicyclic) bond motifs is 1. The van der Waals surface area contributed by atoms with Crippen molar-refractivity contribution in [1.82, 2.24) is 9.80 Å². The standard InChI is InChI=1S/C19H27N3O2/c1-13-6-7-14(2)16(11-13)20-18(23)19(24)22-9-4-5-15-12-21(3)10-8-17(15)22/h6-7,11,15,17H,4-5,8-10,12H2,1-3H3,(H,20,23)/t15-,17+/m0/s1. The normalized spacial score (nSPS) is 24.4. The molecule has 5 nitrogen and oxygen atoms in total. The van der Waals surface area contributed by atoms with E-state index in [1.165, 1.54) is 0 Å². The third-order valence-electron chi connectivity index (χ3n) is 5.37. The number of likely N-dealkylation sites (tertiary alicyclic amines) is 2. The summed E-state index contributed by atoms with van der Waals surface area (Å²) in [4.78, 5) is 29.4. The lowest BCUT2D eigenvalue weighted by Gasteiger charge is -2.46. The minimum absolute atomic E-state index is 0.215. The molecule has 2 saturated heterocycles. The van der Waals surface area contributed by atoms with Crippen molar-refractivity contribution >= 4 is 17.5 Å². The molecule has 2 amide bonds. The van der Waals surface area contributed by atoms with Crippen LogP contribution < -0.4 is 5.32 Å². The predicted octanol–water partition coefficient (Wildman–Crippen LogP) is 2.18. The molecule has 0 radical (unpaired) electrons. The van der Waals surface area contributed by atoms with E-state index in [2.05, 4.69) is 17.3 Å². The number of nitrogens with one attached hydrogen (secondary N) is 1. The zero-order chi connectivity index (χ0) is 17.3. The molecule has 0 unspecified atom stereocenters. The van der Waals surface area contributed by atoms with Crippen molar-refractivity contribution < 1.29 is 9.59 Å². The van der Waals surface area contributed by atoms with E-state index < -0.39 is 5.91 Å². The topological polar surface area (TPSA) is 52.7 Å². The number of hydrogen-bond acceptors (Lipinski definition) is 3. The highest BCUT2D eigenvalue weighted by molar-refractivity contribution is 6.39. The largest absolute Gasteiger partial charge is 0.331 e. The zero-order valence-electron chi connectivity index (χ0n) is 14.8. The van der Waals surface area contributed by atoms with Gasteiger partial charge in [-0.1, -0.05) is 12.1 Å². The van der Waals surface area contributed by atoms with E-state index in [4.69, 9.17) is 0 Å². The van der Waals surface area contributed by atoms with E-state index in [1.54, 1.807) is 0 Å². The Balaban J connectivity index is 1.71. The Morgan fingerprint density at radius 3 is 2.75 bits per heavy atom. The van der Waals surface area contributed by atoms with Gasteiger partial charge in [-0.05, 0) is 69.8 Å². The summed E-state index contributed by atoms with van der Waals surface area (Å²) in [7, 11) is 2.13. The van der Waals surface area contributed by atoms with Gasteiger partial charge < -0.3 is 15.1 Å². The molecular formula is C19H27N3O2. The van der Waals surface area contributed by atoms with Crippen LogP contribution in [0.1, 0.15) is 30.4 Å². The number of aryl methyl sites for hydroxylation is 2. The van der Waals surface area contributed by atoms with Crippen molar-refractivity contribution in [3.63, 3.8) is 0 Å². The van der Waals surface area contributed by atoms with Crippen LogP contribution in [0.2, 0.25) is 0 Å². The van der Waals surface area contributed by atoms with Gasteiger partial charge in [-0.15, -0.1) is 0 Å².